The smallest absolute Gasteiger partial charge is 0.315 e. The minimum Gasteiger partial charge on any atom is -0.393 e. The third kappa shape index (κ3) is 4.14. The maximum atomic E-state index is 12.1. The second kappa shape index (κ2) is 7.49. The number of carbonyl (C=O) groups is 1. The number of amides is 2. The predicted molar refractivity (Wildman–Crippen MR) is 91.9 cm³/mol. The Kier molecular flexibility index (Phi) is 5.15. The summed E-state index contributed by atoms with van der Waals surface area (Å²) in [5, 5.41) is 19.7. The zero-order chi connectivity index (χ0) is 16.9. The van der Waals surface area contributed by atoms with Crippen molar-refractivity contribution in [2.75, 3.05) is 0 Å². The van der Waals surface area contributed by atoms with E-state index in [1.807, 2.05) is 43.5 Å². The highest BCUT2D eigenvalue weighted by molar-refractivity contribution is 5.74. The molecule has 3 N–H and O–H groups in total. The first kappa shape index (κ1) is 16.5. The maximum absolute atomic E-state index is 12.1. The van der Waals surface area contributed by atoms with Crippen LogP contribution in [0, 0.1) is 0 Å². The SMILES string of the molecule is CC(NC(=O)NC1CCC(O)CC1)c1ccc(-n2cccn2)cc1. The minimum absolute atomic E-state index is 0.0779. The summed E-state index contributed by atoms with van der Waals surface area (Å²) in [7, 11) is 0. The van der Waals surface area contributed by atoms with E-state index in [9.17, 15) is 9.90 Å². The molecule has 128 valence electrons. The lowest BCUT2D eigenvalue weighted by atomic mass is 9.93. The van der Waals surface area contributed by atoms with E-state index in [-0.39, 0.29) is 24.2 Å². The fourth-order valence-corrected chi connectivity index (χ4v) is 3.06. The van der Waals surface area contributed by atoms with Crippen LogP contribution in [0.4, 0.5) is 4.79 Å². The lowest BCUT2D eigenvalue weighted by Crippen LogP contribution is -2.44. The Morgan fingerprint density at radius 1 is 1.25 bits per heavy atom. The van der Waals surface area contributed by atoms with Crippen LogP contribution in [0.1, 0.15) is 44.2 Å². The molecule has 2 aromatic rings. The van der Waals surface area contributed by atoms with E-state index in [0.29, 0.717) is 0 Å². The van der Waals surface area contributed by atoms with Crippen molar-refractivity contribution < 1.29 is 9.90 Å². The molecule has 1 aliphatic rings. The van der Waals surface area contributed by atoms with Gasteiger partial charge in [-0.3, -0.25) is 0 Å². The van der Waals surface area contributed by atoms with Crippen molar-refractivity contribution in [1.82, 2.24) is 20.4 Å². The molecule has 1 aliphatic carbocycles. The van der Waals surface area contributed by atoms with E-state index < -0.39 is 0 Å². The number of carbonyl (C=O) groups excluding carboxylic acids is 1. The van der Waals surface area contributed by atoms with Crippen molar-refractivity contribution in [3.8, 4) is 5.69 Å². The molecule has 1 unspecified atom stereocenters. The summed E-state index contributed by atoms with van der Waals surface area (Å²) < 4.78 is 1.80. The van der Waals surface area contributed by atoms with Gasteiger partial charge in [-0.25, -0.2) is 9.48 Å². The largest absolute Gasteiger partial charge is 0.393 e. The second-order valence-corrected chi connectivity index (χ2v) is 6.39. The fraction of sp³-hybridized carbons (Fsp3) is 0.444. The molecular weight excluding hydrogens is 304 g/mol. The van der Waals surface area contributed by atoms with Crippen LogP contribution in [0.3, 0.4) is 0 Å². The molecule has 24 heavy (non-hydrogen) atoms. The monoisotopic (exact) mass is 328 g/mol. The standard InChI is InChI=1S/C18H24N4O2/c1-13(20-18(24)21-15-5-9-17(23)10-6-15)14-3-7-16(8-4-14)22-12-2-11-19-22/h2-4,7-8,11-13,15,17,23H,5-6,9-10H2,1H3,(H2,20,21,24). The van der Waals surface area contributed by atoms with Crippen molar-refractivity contribution in [3.63, 3.8) is 0 Å². The number of aliphatic hydroxyl groups excluding tert-OH is 1. The number of nitrogens with one attached hydrogen (secondary N) is 2. The van der Waals surface area contributed by atoms with E-state index in [1.165, 1.54) is 0 Å². The molecule has 1 aromatic heterocycles. The summed E-state index contributed by atoms with van der Waals surface area (Å²) in [6.07, 6.45) is 6.62. The van der Waals surface area contributed by atoms with Gasteiger partial charge in [-0.1, -0.05) is 12.1 Å². The lowest BCUT2D eigenvalue weighted by molar-refractivity contribution is 0.117. The van der Waals surface area contributed by atoms with E-state index >= 15 is 0 Å². The van der Waals surface area contributed by atoms with Crippen LogP contribution in [0.15, 0.2) is 42.7 Å². The Hall–Kier alpha value is -2.34. The second-order valence-electron chi connectivity index (χ2n) is 6.39. The average Bonchev–Trinajstić information content (AvgIpc) is 3.11. The van der Waals surface area contributed by atoms with Gasteiger partial charge in [-0.15, -0.1) is 0 Å². The van der Waals surface area contributed by atoms with Crippen molar-refractivity contribution in [1.29, 1.82) is 0 Å². The van der Waals surface area contributed by atoms with Crippen molar-refractivity contribution >= 4 is 6.03 Å². The van der Waals surface area contributed by atoms with Crippen LogP contribution in [0.25, 0.3) is 5.69 Å². The number of hydrogen-bond donors (Lipinski definition) is 3. The number of aliphatic hydroxyl groups is 1. The molecule has 2 amide bonds. The Morgan fingerprint density at radius 2 is 1.96 bits per heavy atom. The highest BCUT2D eigenvalue weighted by Crippen LogP contribution is 2.19. The maximum Gasteiger partial charge on any atom is 0.315 e. The first-order chi connectivity index (χ1) is 11.6. The van der Waals surface area contributed by atoms with E-state index in [1.54, 1.807) is 10.9 Å². The number of nitrogens with zero attached hydrogens (tertiary/aromatic N) is 2. The van der Waals surface area contributed by atoms with Crippen LogP contribution in [0.2, 0.25) is 0 Å². The number of benzene rings is 1. The predicted octanol–water partition coefficient (Wildman–Crippen LogP) is 2.54. The molecular formula is C18H24N4O2. The molecule has 0 bridgehead atoms. The van der Waals surface area contributed by atoms with Gasteiger partial charge in [0.2, 0.25) is 0 Å². The molecule has 0 radical (unpaired) electrons. The van der Waals surface area contributed by atoms with Gasteiger partial charge >= 0.3 is 6.03 Å². The highest BCUT2D eigenvalue weighted by Gasteiger charge is 2.21. The molecule has 0 aliphatic heterocycles. The van der Waals surface area contributed by atoms with Gasteiger partial charge in [-0.2, -0.15) is 5.10 Å². The topological polar surface area (TPSA) is 79.2 Å². The average molecular weight is 328 g/mol. The quantitative estimate of drug-likeness (QED) is 0.807. The molecule has 1 heterocycles. The lowest BCUT2D eigenvalue weighted by Gasteiger charge is -2.27. The molecule has 1 aromatic carbocycles. The van der Waals surface area contributed by atoms with Crippen molar-refractivity contribution in [3.05, 3.63) is 48.3 Å². The van der Waals surface area contributed by atoms with E-state index in [0.717, 1.165) is 36.9 Å². The Morgan fingerprint density at radius 3 is 2.58 bits per heavy atom. The first-order valence-corrected chi connectivity index (χ1v) is 8.47. The molecule has 3 rings (SSSR count). The molecule has 6 heteroatoms. The summed E-state index contributed by atoms with van der Waals surface area (Å²) in [5.41, 5.74) is 2.03. The van der Waals surface area contributed by atoms with Gasteiger partial charge in [0.15, 0.2) is 0 Å². The Balaban J connectivity index is 1.52. The summed E-state index contributed by atoms with van der Waals surface area (Å²) in [6, 6.07) is 9.78. The van der Waals surface area contributed by atoms with Crippen LogP contribution in [-0.4, -0.2) is 33.1 Å². The minimum atomic E-state index is -0.210. The van der Waals surface area contributed by atoms with Gasteiger partial charge in [0, 0.05) is 18.4 Å². The normalized spacial score (nSPS) is 21.9. The molecule has 1 saturated carbocycles. The zero-order valence-corrected chi connectivity index (χ0v) is 13.9. The summed E-state index contributed by atoms with van der Waals surface area (Å²) in [6.45, 7) is 1.97. The molecule has 0 saturated heterocycles. The number of rotatable bonds is 4. The third-order valence-corrected chi connectivity index (χ3v) is 4.54. The number of aromatic nitrogens is 2. The van der Waals surface area contributed by atoms with Crippen LogP contribution in [0.5, 0.6) is 0 Å². The highest BCUT2D eigenvalue weighted by atomic mass is 16.3. The van der Waals surface area contributed by atoms with Gasteiger partial charge < -0.3 is 15.7 Å². The van der Waals surface area contributed by atoms with Crippen molar-refractivity contribution in [2.45, 2.75) is 50.8 Å². The number of urea groups is 1. The van der Waals surface area contributed by atoms with Gasteiger partial charge in [0.05, 0.1) is 17.8 Å². The molecule has 6 nitrogen and oxygen atoms in total. The summed E-state index contributed by atoms with van der Waals surface area (Å²) >= 11 is 0. The van der Waals surface area contributed by atoms with E-state index in [2.05, 4.69) is 15.7 Å². The van der Waals surface area contributed by atoms with E-state index in [4.69, 9.17) is 0 Å². The summed E-state index contributed by atoms with van der Waals surface area (Å²) in [5.74, 6) is 0. The Bertz CT molecular complexity index is 646. The van der Waals surface area contributed by atoms with Crippen LogP contribution >= 0.6 is 0 Å². The Labute approximate surface area is 141 Å². The first-order valence-electron chi connectivity index (χ1n) is 8.47. The molecule has 1 fully saturated rings. The van der Waals surface area contributed by atoms with Gasteiger partial charge in [0.1, 0.15) is 0 Å². The van der Waals surface area contributed by atoms with Crippen molar-refractivity contribution in [2.24, 2.45) is 0 Å². The summed E-state index contributed by atoms with van der Waals surface area (Å²) in [4.78, 5) is 12.1. The molecule has 0 spiro atoms. The zero-order valence-electron chi connectivity index (χ0n) is 13.9. The van der Waals surface area contributed by atoms with Crippen LogP contribution < -0.4 is 10.6 Å². The molecule has 1 atom stereocenters. The van der Waals surface area contributed by atoms with Gasteiger partial charge in [-0.05, 0) is 56.4 Å². The third-order valence-electron chi connectivity index (χ3n) is 4.54. The van der Waals surface area contributed by atoms with Gasteiger partial charge in [0.25, 0.3) is 0 Å². The van der Waals surface area contributed by atoms with Crippen LogP contribution in [-0.2, 0) is 0 Å². The number of hydrogen-bond acceptors (Lipinski definition) is 3. The fourth-order valence-electron chi connectivity index (χ4n) is 3.06.